The van der Waals surface area contributed by atoms with Gasteiger partial charge in [-0.05, 0) is 49.1 Å². The number of ether oxygens (including phenoxy) is 1. The first-order valence-electron chi connectivity index (χ1n) is 14.4. The molecule has 1 fully saturated rings. The fraction of sp³-hybridized carbons (Fsp3) is 0.375. The summed E-state index contributed by atoms with van der Waals surface area (Å²) in [6.07, 6.45) is 1.34. The van der Waals surface area contributed by atoms with Crippen LogP contribution >= 0.6 is 0 Å². The van der Waals surface area contributed by atoms with Crippen molar-refractivity contribution in [3.8, 4) is 0 Å². The second-order valence-electron chi connectivity index (χ2n) is 11.1. The minimum absolute atomic E-state index is 0.0372. The van der Waals surface area contributed by atoms with Crippen molar-refractivity contribution in [3.05, 3.63) is 94.2 Å². The number of hydrogen-bond acceptors (Lipinski definition) is 7. The first-order valence-corrected chi connectivity index (χ1v) is 14.4. The number of hydrogen-bond donors (Lipinski definition) is 1. The van der Waals surface area contributed by atoms with Crippen molar-refractivity contribution in [2.45, 2.75) is 46.4 Å². The lowest BCUT2D eigenvalue weighted by Gasteiger charge is -2.35. The Labute approximate surface area is 245 Å². The number of nitrogens with one attached hydrogen (secondary N) is 1. The molecule has 0 spiro atoms. The first-order chi connectivity index (χ1) is 20.2. The first kappa shape index (κ1) is 29.0. The van der Waals surface area contributed by atoms with Gasteiger partial charge in [0.2, 0.25) is 5.95 Å². The van der Waals surface area contributed by atoms with E-state index in [4.69, 9.17) is 4.74 Å². The maximum absolute atomic E-state index is 15.3. The standard InChI is InChI=1S/C32H37FN6O3/c1-21(2)23(4)39-29(40)13-11-26-19-34-31(36-30(26)39)35-22(3)25-10-12-28(27(33)18-25)37-14-16-38(17-15-37)32(41)42-20-24-8-6-5-7-9-24/h5-13,18-19,21-23H,14-17,20H2,1-4H3,(H,34,35,36)/t22-,23-/m0/s1. The lowest BCUT2D eigenvalue weighted by atomic mass is 10.1. The Balaban J connectivity index is 1.22. The molecule has 1 amide bonds. The van der Waals surface area contributed by atoms with E-state index in [1.807, 2.05) is 55.1 Å². The number of rotatable bonds is 8. The zero-order valence-corrected chi connectivity index (χ0v) is 24.5. The highest BCUT2D eigenvalue weighted by molar-refractivity contribution is 5.75. The van der Waals surface area contributed by atoms with Crippen LogP contribution in [0, 0.1) is 11.7 Å². The average molecular weight is 573 g/mol. The highest BCUT2D eigenvalue weighted by atomic mass is 19.1. The van der Waals surface area contributed by atoms with Crippen molar-refractivity contribution in [2.75, 3.05) is 36.4 Å². The highest BCUT2D eigenvalue weighted by Gasteiger charge is 2.24. The van der Waals surface area contributed by atoms with Gasteiger partial charge in [0, 0.05) is 49.9 Å². The summed E-state index contributed by atoms with van der Waals surface area (Å²) in [5.74, 6) is 0.280. The van der Waals surface area contributed by atoms with E-state index in [-0.39, 0.29) is 42.1 Å². The van der Waals surface area contributed by atoms with Crippen LogP contribution in [-0.4, -0.2) is 51.7 Å². The summed E-state index contributed by atoms with van der Waals surface area (Å²) >= 11 is 0. The Morgan fingerprint density at radius 3 is 2.43 bits per heavy atom. The fourth-order valence-corrected chi connectivity index (χ4v) is 5.07. The van der Waals surface area contributed by atoms with Crippen LogP contribution in [0.25, 0.3) is 11.0 Å². The number of carbonyl (C=O) groups excluding carboxylic acids is 1. The van der Waals surface area contributed by atoms with Crippen LogP contribution in [0.5, 0.6) is 0 Å². The van der Waals surface area contributed by atoms with Gasteiger partial charge in [-0.3, -0.25) is 9.36 Å². The van der Waals surface area contributed by atoms with Gasteiger partial charge >= 0.3 is 6.09 Å². The van der Waals surface area contributed by atoms with Crippen LogP contribution in [0.3, 0.4) is 0 Å². The van der Waals surface area contributed by atoms with E-state index in [0.717, 1.165) is 16.5 Å². The van der Waals surface area contributed by atoms with Crippen molar-refractivity contribution < 1.29 is 13.9 Å². The van der Waals surface area contributed by atoms with Crippen LogP contribution in [0.2, 0.25) is 0 Å². The van der Waals surface area contributed by atoms with E-state index < -0.39 is 0 Å². The summed E-state index contributed by atoms with van der Waals surface area (Å²) < 4.78 is 22.5. The van der Waals surface area contributed by atoms with Gasteiger partial charge in [-0.1, -0.05) is 50.2 Å². The van der Waals surface area contributed by atoms with Crippen LogP contribution < -0.4 is 15.8 Å². The summed E-state index contributed by atoms with van der Waals surface area (Å²) in [7, 11) is 0. The molecule has 9 nitrogen and oxygen atoms in total. The molecule has 220 valence electrons. The van der Waals surface area contributed by atoms with Crippen LogP contribution in [-0.2, 0) is 11.3 Å². The third kappa shape index (κ3) is 6.37. The molecule has 5 rings (SSSR count). The molecule has 1 N–H and O–H groups in total. The second-order valence-corrected chi connectivity index (χ2v) is 11.1. The van der Waals surface area contributed by atoms with Crippen molar-refractivity contribution in [1.29, 1.82) is 0 Å². The van der Waals surface area contributed by atoms with Crippen LogP contribution in [0.1, 0.15) is 50.9 Å². The van der Waals surface area contributed by atoms with Crippen molar-refractivity contribution in [2.24, 2.45) is 5.92 Å². The molecule has 0 bridgehead atoms. The number of benzene rings is 2. The average Bonchev–Trinajstić information content (AvgIpc) is 3.00. The molecule has 42 heavy (non-hydrogen) atoms. The number of halogens is 1. The van der Waals surface area contributed by atoms with Crippen molar-refractivity contribution in [1.82, 2.24) is 19.4 Å². The maximum Gasteiger partial charge on any atom is 0.410 e. The largest absolute Gasteiger partial charge is 0.445 e. The molecule has 1 saturated heterocycles. The Morgan fingerprint density at radius 2 is 1.74 bits per heavy atom. The van der Waals surface area contributed by atoms with E-state index in [2.05, 4.69) is 29.1 Å². The molecule has 10 heteroatoms. The normalized spacial score (nSPS) is 15.1. The van der Waals surface area contributed by atoms with Crippen LogP contribution in [0.4, 0.5) is 20.8 Å². The monoisotopic (exact) mass is 572 g/mol. The number of pyridine rings is 1. The molecule has 3 heterocycles. The number of anilines is 2. The van der Waals surface area contributed by atoms with Gasteiger partial charge in [0.1, 0.15) is 18.1 Å². The number of amides is 1. The number of fused-ring (bicyclic) bond motifs is 1. The predicted molar refractivity (Wildman–Crippen MR) is 162 cm³/mol. The number of piperazine rings is 1. The Hall–Kier alpha value is -4.47. The lowest BCUT2D eigenvalue weighted by molar-refractivity contribution is 0.0941. The van der Waals surface area contributed by atoms with Crippen molar-refractivity contribution in [3.63, 3.8) is 0 Å². The molecule has 0 unspecified atom stereocenters. The van der Waals surface area contributed by atoms with E-state index in [1.54, 1.807) is 33.9 Å². The SMILES string of the molecule is CC(C)[C@H](C)n1c(=O)ccc2cnc(N[C@@H](C)c3ccc(N4CCN(C(=O)OCc5ccccc5)CC4)c(F)c3)nc21. The Bertz CT molecular complexity index is 1600. The second kappa shape index (κ2) is 12.6. The maximum atomic E-state index is 15.3. The zero-order valence-electron chi connectivity index (χ0n) is 24.5. The van der Waals surface area contributed by atoms with Crippen molar-refractivity contribution >= 4 is 28.8 Å². The molecular formula is C32H37FN6O3. The van der Waals surface area contributed by atoms with Gasteiger partial charge in [-0.15, -0.1) is 0 Å². The molecule has 2 aromatic heterocycles. The molecule has 1 aliphatic heterocycles. The number of aromatic nitrogens is 3. The topological polar surface area (TPSA) is 92.6 Å². The molecule has 2 aromatic carbocycles. The number of nitrogens with zero attached hydrogens (tertiary/aromatic N) is 5. The van der Waals surface area contributed by atoms with E-state index in [1.165, 1.54) is 6.07 Å². The van der Waals surface area contributed by atoms with Crippen LogP contribution in [0.15, 0.2) is 71.7 Å². The highest BCUT2D eigenvalue weighted by Crippen LogP contribution is 2.27. The van der Waals surface area contributed by atoms with Gasteiger partial charge in [0.25, 0.3) is 5.56 Å². The summed E-state index contributed by atoms with van der Waals surface area (Å²) in [6, 6.07) is 17.7. The van der Waals surface area contributed by atoms with E-state index >= 15 is 4.39 Å². The van der Waals surface area contributed by atoms with Gasteiger partial charge in [0.15, 0.2) is 0 Å². The molecule has 4 aromatic rings. The molecule has 2 atom stereocenters. The summed E-state index contributed by atoms with van der Waals surface area (Å²) in [5.41, 5.74) is 2.63. The Kier molecular flexibility index (Phi) is 8.70. The fourth-order valence-electron chi connectivity index (χ4n) is 5.07. The van der Waals surface area contributed by atoms with Gasteiger partial charge in [0.05, 0.1) is 11.7 Å². The lowest BCUT2D eigenvalue weighted by Crippen LogP contribution is -2.49. The Morgan fingerprint density at radius 1 is 1.00 bits per heavy atom. The summed E-state index contributed by atoms with van der Waals surface area (Å²) in [4.78, 5) is 37.9. The van der Waals surface area contributed by atoms with Gasteiger partial charge in [-0.2, -0.15) is 4.98 Å². The molecule has 0 aliphatic carbocycles. The molecular weight excluding hydrogens is 535 g/mol. The van der Waals surface area contributed by atoms with Gasteiger partial charge < -0.3 is 19.9 Å². The third-order valence-electron chi connectivity index (χ3n) is 7.94. The van der Waals surface area contributed by atoms with E-state index in [0.29, 0.717) is 43.5 Å². The summed E-state index contributed by atoms with van der Waals surface area (Å²) in [5, 5.41) is 4.04. The van der Waals surface area contributed by atoms with Gasteiger partial charge in [-0.25, -0.2) is 14.2 Å². The quantitative estimate of drug-likeness (QED) is 0.286. The minimum Gasteiger partial charge on any atom is -0.445 e. The van der Waals surface area contributed by atoms with E-state index in [9.17, 15) is 9.59 Å². The molecule has 0 saturated carbocycles. The summed E-state index contributed by atoms with van der Waals surface area (Å²) in [6.45, 7) is 10.2. The zero-order chi connectivity index (χ0) is 29.8. The molecule has 0 radical (unpaired) electrons. The smallest absolute Gasteiger partial charge is 0.410 e. The minimum atomic E-state index is -0.360. The predicted octanol–water partition coefficient (Wildman–Crippen LogP) is 5.78. The number of carbonyl (C=O) groups is 1. The molecule has 1 aliphatic rings. The third-order valence-corrected chi connectivity index (χ3v) is 7.94.